The predicted octanol–water partition coefficient (Wildman–Crippen LogP) is 3.03. The summed E-state index contributed by atoms with van der Waals surface area (Å²) < 4.78 is 39.5. The van der Waals surface area contributed by atoms with Gasteiger partial charge >= 0.3 is 12.1 Å². The van der Waals surface area contributed by atoms with Crippen molar-refractivity contribution in [2.75, 3.05) is 13.2 Å². The van der Waals surface area contributed by atoms with Crippen molar-refractivity contribution in [3.05, 3.63) is 77.9 Å². The number of carbonyl (C=O) groups excluding carboxylic acids is 1. The lowest BCUT2D eigenvalue weighted by Crippen LogP contribution is -2.42. The summed E-state index contributed by atoms with van der Waals surface area (Å²) in [5.74, 6) is -2.79. The first-order valence-corrected chi connectivity index (χ1v) is 10.0. The SMILES string of the molecule is O=C(O)C(F)(F)F.O=C(c1cccc(O)c1)N1Cc2ccnn2C(COCc2cccnc2)C1. The van der Waals surface area contributed by atoms with Gasteiger partial charge in [-0.2, -0.15) is 18.3 Å². The normalized spacial score (nSPS) is 15.1. The molecule has 0 aliphatic carbocycles. The Bertz CT molecular complexity index is 1120. The summed E-state index contributed by atoms with van der Waals surface area (Å²) in [4.78, 5) is 27.6. The molecule has 1 amide bonds. The average Bonchev–Trinajstić information content (AvgIpc) is 3.28. The summed E-state index contributed by atoms with van der Waals surface area (Å²) in [5.41, 5.74) is 2.43. The number of halogens is 3. The highest BCUT2D eigenvalue weighted by Gasteiger charge is 2.38. The van der Waals surface area contributed by atoms with Crippen LogP contribution in [0.4, 0.5) is 13.2 Å². The number of aliphatic carboxylic acids is 1. The Labute approximate surface area is 192 Å². The van der Waals surface area contributed by atoms with E-state index in [2.05, 4.69) is 10.1 Å². The van der Waals surface area contributed by atoms with Crippen LogP contribution in [0.2, 0.25) is 0 Å². The van der Waals surface area contributed by atoms with E-state index in [0.717, 1.165) is 11.3 Å². The van der Waals surface area contributed by atoms with Gasteiger partial charge in [0.25, 0.3) is 5.91 Å². The molecular formula is C22H21F3N4O5. The molecule has 3 heterocycles. The second-order valence-corrected chi connectivity index (χ2v) is 7.34. The van der Waals surface area contributed by atoms with Gasteiger partial charge in [0, 0.05) is 30.7 Å². The van der Waals surface area contributed by atoms with Gasteiger partial charge in [0.1, 0.15) is 5.75 Å². The number of carbonyl (C=O) groups is 2. The smallest absolute Gasteiger partial charge is 0.490 e. The van der Waals surface area contributed by atoms with Crippen LogP contribution in [0, 0.1) is 0 Å². The zero-order valence-corrected chi connectivity index (χ0v) is 17.7. The van der Waals surface area contributed by atoms with Gasteiger partial charge in [-0.05, 0) is 35.9 Å². The molecule has 34 heavy (non-hydrogen) atoms. The number of pyridine rings is 1. The summed E-state index contributed by atoms with van der Waals surface area (Å²) in [5, 5.41) is 21.2. The summed E-state index contributed by atoms with van der Waals surface area (Å²) in [6.07, 6.45) is 0.162. The number of aromatic hydroxyl groups is 1. The van der Waals surface area contributed by atoms with Crippen LogP contribution >= 0.6 is 0 Å². The molecule has 1 atom stereocenters. The fourth-order valence-corrected chi connectivity index (χ4v) is 3.28. The maximum Gasteiger partial charge on any atom is 0.490 e. The van der Waals surface area contributed by atoms with Crippen molar-refractivity contribution in [2.45, 2.75) is 25.4 Å². The second kappa shape index (κ2) is 10.8. The number of alkyl halides is 3. The van der Waals surface area contributed by atoms with Crippen molar-refractivity contribution in [1.29, 1.82) is 0 Å². The van der Waals surface area contributed by atoms with Gasteiger partial charge < -0.3 is 19.8 Å². The van der Waals surface area contributed by atoms with E-state index >= 15 is 0 Å². The Kier molecular flexibility index (Phi) is 7.84. The lowest BCUT2D eigenvalue weighted by Gasteiger charge is -2.34. The number of aromatic nitrogens is 3. The number of phenols is 1. The van der Waals surface area contributed by atoms with E-state index in [1.807, 2.05) is 22.9 Å². The van der Waals surface area contributed by atoms with E-state index in [0.29, 0.717) is 31.9 Å². The van der Waals surface area contributed by atoms with Crippen LogP contribution in [0.3, 0.4) is 0 Å². The molecule has 0 bridgehead atoms. The first-order chi connectivity index (χ1) is 16.1. The first-order valence-electron chi connectivity index (χ1n) is 10.0. The Morgan fingerprint density at radius 2 is 1.91 bits per heavy atom. The van der Waals surface area contributed by atoms with Crippen molar-refractivity contribution in [3.8, 4) is 5.75 Å². The molecule has 2 aromatic heterocycles. The molecule has 0 radical (unpaired) electrons. The minimum Gasteiger partial charge on any atom is -0.508 e. The Hall–Kier alpha value is -3.93. The zero-order valence-electron chi connectivity index (χ0n) is 17.7. The van der Waals surface area contributed by atoms with E-state index in [-0.39, 0.29) is 17.7 Å². The van der Waals surface area contributed by atoms with E-state index in [1.54, 1.807) is 41.7 Å². The fourth-order valence-electron chi connectivity index (χ4n) is 3.28. The molecule has 0 saturated heterocycles. The highest BCUT2D eigenvalue weighted by molar-refractivity contribution is 5.94. The summed E-state index contributed by atoms with van der Waals surface area (Å²) in [6.45, 7) is 1.87. The molecule has 1 aromatic carbocycles. The van der Waals surface area contributed by atoms with E-state index < -0.39 is 12.1 Å². The third-order valence-electron chi connectivity index (χ3n) is 4.81. The van der Waals surface area contributed by atoms with Crippen LogP contribution in [-0.2, 0) is 22.7 Å². The molecule has 9 nitrogen and oxygen atoms in total. The van der Waals surface area contributed by atoms with Crippen molar-refractivity contribution >= 4 is 11.9 Å². The zero-order chi connectivity index (χ0) is 24.7. The van der Waals surface area contributed by atoms with E-state index in [1.165, 1.54) is 6.07 Å². The molecule has 1 aliphatic heterocycles. The van der Waals surface area contributed by atoms with Crippen LogP contribution in [-0.4, -0.2) is 61.1 Å². The fraction of sp³-hybridized carbons (Fsp3) is 0.273. The third kappa shape index (κ3) is 6.54. The van der Waals surface area contributed by atoms with Gasteiger partial charge in [0.2, 0.25) is 0 Å². The maximum absolute atomic E-state index is 12.9. The number of carboxylic acids is 1. The van der Waals surface area contributed by atoms with Crippen LogP contribution < -0.4 is 0 Å². The Morgan fingerprint density at radius 3 is 2.56 bits per heavy atom. The van der Waals surface area contributed by atoms with Crippen LogP contribution in [0.5, 0.6) is 5.75 Å². The number of ether oxygens (including phenoxy) is 1. The van der Waals surface area contributed by atoms with Gasteiger partial charge in [0.15, 0.2) is 0 Å². The van der Waals surface area contributed by atoms with Gasteiger partial charge in [-0.1, -0.05) is 12.1 Å². The lowest BCUT2D eigenvalue weighted by molar-refractivity contribution is -0.192. The standard InChI is InChI=1S/C20H20N4O3.C2HF3O2/c25-19-5-1-4-16(9-19)20(26)23-11-17-6-8-22-24(17)18(12-23)14-27-13-15-3-2-7-21-10-15;3-2(4,5)1(6)7/h1-10,18,25H,11-14H2;(H,6,7). The number of fused-ring (bicyclic) bond motifs is 1. The number of carboxylic acid groups (broad SMARTS) is 1. The average molecular weight is 478 g/mol. The number of hydrogen-bond acceptors (Lipinski definition) is 6. The molecule has 4 rings (SSSR count). The molecule has 1 unspecified atom stereocenters. The van der Waals surface area contributed by atoms with Gasteiger partial charge in [-0.15, -0.1) is 0 Å². The molecule has 1 aliphatic rings. The van der Waals surface area contributed by atoms with Crippen molar-refractivity contribution in [3.63, 3.8) is 0 Å². The molecular weight excluding hydrogens is 457 g/mol. The molecule has 2 N–H and O–H groups in total. The molecule has 0 spiro atoms. The van der Waals surface area contributed by atoms with Crippen LogP contribution in [0.15, 0.2) is 61.1 Å². The van der Waals surface area contributed by atoms with Crippen LogP contribution in [0.25, 0.3) is 0 Å². The Morgan fingerprint density at radius 1 is 1.15 bits per heavy atom. The third-order valence-corrected chi connectivity index (χ3v) is 4.81. The summed E-state index contributed by atoms with van der Waals surface area (Å²) in [6, 6.07) is 12.1. The summed E-state index contributed by atoms with van der Waals surface area (Å²) >= 11 is 0. The topological polar surface area (TPSA) is 118 Å². The number of nitrogens with zero attached hydrogens (tertiary/aromatic N) is 4. The minimum absolute atomic E-state index is 0.0679. The first kappa shape index (κ1) is 24.7. The van der Waals surface area contributed by atoms with Crippen LogP contribution in [0.1, 0.15) is 27.7 Å². The molecule has 3 aromatic rings. The van der Waals surface area contributed by atoms with Gasteiger partial charge in [-0.3, -0.25) is 14.5 Å². The van der Waals surface area contributed by atoms with E-state index in [4.69, 9.17) is 14.6 Å². The number of hydrogen-bond donors (Lipinski definition) is 2. The number of phenolic OH excluding ortho intramolecular Hbond substituents is 1. The Balaban J connectivity index is 0.000000406. The van der Waals surface area contributed by atoms with Crippen molar-refractivity contribution in [1.82, 2.24) is 19.7 Å². The maximum atomic E-state index is 12.9. The van der Waals surface area contributed by atoms with E-state index in [9.17, 15) is 23.1 Å². The highest BCUT2D eigenvalue weighted by Crippen LogP contribution is 2.23. The quantitative estimate of drug-likeness (QED) is 0.579. The lowest BCUT2D eigenvalue weighted by atomic mass is 10.1. The predicted molar refractivity (Wildman–Crippen MR) is 112 cm³/mol. The van der Waals surface area contributed by atoms with Gasteiger partial charge in [-0.25, -0.2) is 4.79 Å². The van der Waals surface area contributed by atoms with Crippen molar-refractivity contribution < 1.29 is 37.7 Å². The number of benzene rings is 1. The molecule has 180 valence electrons. The molecule has 0 fully saturated rings. The minimum atomic E-state index is -5.08. The molecule has 0 saturated carbocycles. The van der Waals surface area contributed by atoms with Crippen molar-refractivity contribution in [2.24, 2.45) is 0 Å². The number of amides is 1. The second-order valence-electron chi connectivity index (χ2n) is 7.34. The largest absolute Gasteiger partial charge is 0.508 e. The number of rotatable bonds is 5. The monoisotopic (exact) mass is 478 g/mol. The highest BCUT2D eigenvalue weighted by atomic mass is 19.4. The molecule has 12 heteroatoms. The van der Waals surface area contributed by atoms with Gasteiger partial charge in [0.05, 0.1) is 31.5 Å². The summed E-state index contributed by atoms with van der Waals surface area (Å²) in [7, 11) is 0.